The predicted molar refractivity (Wildman–Crippen MR) is 74.7 cm³/mol. The molecule has 0 radical (unpaired) electrons. The van der Waals surface area contributed by atoms with Gasteiger partial charge in [0.15, 0.2) is 0 Å². The highest BCUT2D eigenvalue weighted by Gasteiger charge is 2.26. The first-order valence-electron chi connectivity index (χ1n) is 7.13. The number of amides is 2. The van der Waals surface area contributed by atoms with E-state index in [1.165, 1.54) is 7.11 Å². The molecule has 1 fully saturated rings. The smallest absolute Gasteiger partial charge is 0.293 e. The van der Waals surface area contributed by atoms with E-state index in [1.54, 1.807) is 4.90 Å². The van der Waals surface area contributed by atoms with Crippen LogP contribution in [0.4, 0.5) is 0 Å². The molecule has 116 valence electrons. The zero-order chi connectivity index (χ0) is 15.2. The highest BCUT2D eigenvalue weighted by Crippen LogP contribution is 2.12. The van der Waals surface area contributed by atoms with Crippen molar-refractivity contribution in [3.8, 4) is 0 Å². The van der Waals surface area contributed by atoms with Crippen LogP contribution >= 0.6 is 0 Å². The predicted octanol–water partition coefficient (Wildman–Crippen LogP) is -0.266. The van der Waals surface area contributed by atoms with E-state index >= 15 is 0 Å². The fourth-order valence-corrected chi connectivity index (χ4v) is 2.32. The third-order valence-corrected chi connectivity index (χ3v) is 3.48. The number of piperidine rings is 1. The summed E-state index contributed by atoms with van der Waals surface area (Å²) < 4.78 is 4.78. The molecule has 0 saturated carbocycles. The van der Waals surface area contributed by atoms with E-state index in [9.17, 15) is 9.59 Å². The first-order valence-corrected chi connectivity index (χ1v) is 7.13. The van der Waals surface area contributed by atoms with Crippen molar-refractivity contribution in [1.82, 2.24) is 25.4 Å². The summed E-state index contributed by atoms with van der Waals surface area (Å²) >= 11 is 0. The summed E-state index contributed by atoms with van der Waals surface area (Å²) in [5, 5.41) is 9.58. The van der Waals surface area contributed by atoms with Gasteiger partial charge in [-0.05, 0) is 12.8 Å². The molecule has 0 aliphatic carbocycles. The fraction of sp³-hybridized carbons (Fsp3) is 0.692. The number of ether oxygens (including phenoxy) is 1. The Morgan fingerprint density at radius 3 is 2.71 bits per heavy atom. The van der Waals surface area contributed by atoms with Crippen LogP contribution in [-0.2, 0) is 16.0 Å². The maximum Gasteiger partial charge on any atom is 0.293 e. The minimum absolute atomic E-state index is 0.0656. The van der Waals surface area contributed by atoms with Crippen LogP contribution in [0.3, 0.4) is 0 Å². The van der Waals surface area contributed by atoms with Crippen LogP contribution in [0.5, 0.6) is 0 Å². The van der Waals surface area contributed by atoms with Crippen LogP contribution in [-0.4, -0.2) is 64.7 Å². The number of H-pyrrole nitrogens is 1. The number of aromatic nitrogens is 3. The van der Waals surface area contributed by atoms with Gasteiger partial charge >= 0.3 is 0 Å². The summed E-state index contributed by atoms with van der Waals surface area (Å²) in [5.41, 5.74) is 0. The number of hydrogen-bond donors (Lipinski definition) is 2. The molecule has 2 N–H and O–H groups in total. The van der Waals surface area contributed by atoms with Gasteiger partial charge < -0.3 is 15.0 Å². The number of nitrogens with zero attached hydrogens (tertiary/aromatic N) is 3. The van der Waals surface area contributed by atoms with Gasteiger partial charge in [0.25, 0.3) is 5.91 Å². The number of aromatic amines is 1. The Labute approximate surface area is 123 Å². The average Bonchev–Trinajstić information content (AvgIpc) is 2.96. The van der Waals surface area contributed by atoms with Gasteiger partial charge in [0, 0.05) is 32.7 Å². The fourth-order valence-electron chi connectivity index (χ4n) is 2.32. The van der Waals surface area contributed by atoms with Gasteiger partial charge in [-0.15, -0.1) is 5.10 Å². The summed E-state index contributed by atoms with van der Waals surface area (Å²) in [6, 6.07) is 0.0926. The number of methoxy groups -OCH3 is 1. The molecule has 2 rings (SSSR count). The van der Waals surface area contributed by atoms with Gasteiger partial charge in [-0.1, -0.05) is 6.92 Å². The summed E-state index contributed by atoms with van der Waals surface area (Å²) in [5.74, 6) is 0.644. The van der Waals surface area contributed by atoms with Crippen LogP contribution < -0.4 is 5.32 Å². The Bertz CT molecular complexity index is 494. The first-order chi connectivity index (χ1) is 10.1. The lowest BCUT2D eigenvalue weighted by molar-refractivity contribution is -0.125. The molecule has 0 aromatic carbocycles. The van der Waals surface area contributed by atoms with E-state index in [0.717, 1.165) is 12.8 Å². The Morgan fingerprint density at radius 2 is 2.14 bits per heavy atom. The number of rotatable bonds is 5. The van der Waals surface area contributed by atoms with Crippen molar-refractivity contribution in [2.24, 2.45) is 0 Å². The first kappa shape index (κ1) is 15.4. The van der Waals surface area contributed by atoms with Gasteiger partial charge in [-0.3, -0.25) is 14.7 Å². The zero-order valence-corrected chi connectivity index (χ0v) is 12.4. The van der Waals surface area contributed by atoms with E-state index in [0.29, 0.717) is 25.3 Å². The number of hydrogen-bond acceptors (Lipinski definition) is 5. The molecule has 8 heteroatoms. The molecule has 1 aromatic rings. The minimum atomic E-state index is -0.160. The molecule has 1 saturated heterocycles. The molecule has 1 aliphatic rings. The molecule has 1 aliphatic heterocycles. The normalized spacial score (nSPS) is 16.0. The molecule has 2 heterocycles. The van der Waals surface area contributed by atoms with Crippen LogP contribution in [0.15, 0.2) is 0 Å². The molecular weight excluding hydrogens is 274 g/mol. The second-order valence-electron chi connectivity index (χ2n) is 5.03. The van der Waals surface area contributed by atoms with Crippen molar-refractivity contribution in [1.29, 1.82) is 0 Å². The van der Waals surface area contributed by atoms with Gasteiger partial charge in [0.05, 0.1) is 0 Å². The maximum absolute atomic E-state index is 12.2. The van der Waals surface area contributed by atoms with Crippen LogP contribution in [0.25, 0.3) is 0 Å². The third-order valence-electron chi connectivity index (χ3n) is 3.48. The lowest BCUT2D eigenvalue weighted by atomic mass is 10.0. The van der Waals surface area contributed by atoms with E-state index in [-0.39, 0.29) is 30.3 Å². The Morgan fingerprint density at radius 1 is 1.43 bits per heavy atom. The zero-order valence-electron chi connectivity index (χ0n) is 12.4. The van der Waals surface area contributed by atoms with E-state index < -0.39 is 0 Å². The minimum Gasteiger partial charge on any atom is -0.375 e. The van der Waals surface area contributed by atoms with E-state index in [1.807, 2.05) is 6.92 Å². The molecular formula is C13H21N5O3. The molecule has 2 amide bonds. The molecule has 8 nitrogen and oxygen atoms in total. The Kier molecular flexibility index (Phi) is 5.26. The molecule has 21 heavy (non-hydrogen) atoms. The molecule has 1 aromatic heterocycles. The highest BCUT2D eigenvalue weighted by molar-refractivity contribution is 5.90. The molecule has 0 atom stereocenters. The topological polar surface area (TPSA) is 100 Å². The molecule has 0 unspecified atom stereocenters. The number of carbonyl (C=O) groups is 2. The van der Waals surface area contributed by atoms with Gasteiger partial charge in [0.2, 0.25) is 11.7 Å². The monoisotopic (exact) mass is 295 g/mol. The summed E-state index contributed by atoms with van der Waals surface area (Å²) in [7, 11) is 1.49. The van der Waals surface area contributed by atoms with E-state index in [2.05, 4.69) is 20.5 Å². The average molecular weight is 295 g/mol. The lowest BCUT2D eigenvalue weighted by Gasteiger charge is -2.31. The summed E-state index contributed by atoms with van der Waals surface area (Å²) in [4.78, 5) is 29.6. The lowest BCUT2D eigenvalue weighted by Crippen LogP contribution is -2.47. The quantitative estimate of drug-likeness (QED) is 0.779. The molecule has 0 bridgehead atoms. The van der Waals surface area contributed by atoms with Crippen molar-refractivity contribution >= 4 is 11.8 Å². The van der Waals surface area contributed by atoms with Crippen LogP contribution in [0.2, 0.25) is 0 Å². The van der Waals surface area contributed by atoms with Crippen LogP contribution in [0.1, 0.15) is 36.2 Å². The van der Waals surface area contributed by atoms with Crippen molar-refractivity contribution < 1.29 is 14.3 Å². The highest BCUT2D eigenvalue weighted by atomic mass is 16.5. The van der Waals surface area contributed by atoms with Gasteiger partial charge in [-0.2, -0.15) is 0 Å². The molecule has 0 spiro atoms. The number of carbonyl (C=O) groups excluding carboxylic acids is 2. The summed E-state index contributed by atoms with van der Waals surface area (Å²) in [6.45, 7) is 3.19. The van der Waals surface area contributed by atoms with Gasteiger partial charge in [0.1, 0.15) is 12.4 Å². The Hall–Kier alpha value is -1.96. The van der Waals surface area contributed by atoms with E-state index in [4.69, 9.17) is 4.74 Å². The second-order valence-corrected chi connectivity index (χ2v) is 5.03. The largest absolute Gasteiger partial charge is 0.375 e. The second kappa shape index (κ2) is 7.16. The Balaban J connectivity index is 1.83. The van der Waals surface area contributed by atoms with Gasteiger partial charge in [-0.25, -0.2) is 4.98 Å². The number of likely N-dealkylation sites (tertiary alicyclic amines) is 1. The van der Waals surface area contributed by atoms with Crippen molar-refractivity contribution in [3.63, 3.8) is 0 Å². The third kappa shape index (κ3) is 4.01. The van der Waals surface area contributed by atoms with Crippen molar-refractivity contribution in [3.05, 3.63) is 11.6 Å². The van der Waals surface area contributed by atoms with Crippen molar-refractivity contribution in [2.45, 2.75) is 32.2 Å². The van der Waals surface area contributed by atoms with Crippen LogP contribution in [0, 0.1) is 0 Å². The number of nitrogens with one attached hydrogen (secondary N) is 2. The number of aryl methyl sites for hydroxylation is 1. The standard InChI is InChI=1S/C13H21N5O3/c1-3-10-15-12(17-16-10)13(20)18-6-4-9(5-7-18)14-11(19)8-21-2/h9H,3-8H2,1-2H3,(H,14,19)(H,15,16,17). The maximum atomic E-state index is 12.2. The SMILES string of the molecule is CCc1nc(C(=O)N2CCC(NC(=O)COC)CC2)n[nH]1. The summed E-state index contributed by atoms with van der Waals surface area (Å²) in [6.07, 6.45) is 2.17. The van der Waals surface area contributed by atoms with Crippen molar-refractivity contribution in [2.75, 3.05) is 26.8 Å².